The summed E-state index contributed by atoms with van der Waals surface area (Å²) in [6, 6.07) is 37.3. The summed E-state index contributed by atoms with van der Waals surface area (Å²) in [7, 11) is 0. The summed E-state index contributed by atoms with van der Waals surface area (Å²) in [5.41, 5.74) is 4.88. The number of hydrogen-bond acceptors (Lipinski definition) is 6. The van der Waals surface area contributed by atoms with Crippen LogP contribution in [-0.4, -0.2) is 16.0 Å². The second kappa shape index (κ2) is 11.9. The number of carboxylic acid groups (broad SMARTS) is 1. The molecule has 5 aromatic carbocycles. The fourth-order valence-electron chi connectivity index (χ4n) is 4.89. The molecule has 0 saturated heterocycles. The first-order valence-corrected chi connectivity index (χ1v) is 12.9. The maximum atomic E-state index is 12.3. The molecule has 1 N–H and O–H groups in total. The summed E-state index contributed by atoms with van der Waals surface area (Å²) < 4.78 is 0. The van der Waals surface area contributed by atoms with Crippen LogP contribution < -0.4 is 4.90 Å². The van der Waals surface area contributed by atoms with Gasteiger partial charge in [0.05, 0.1) is 33.8 Å². The van der Waals surface area contributed by atoms with Crippen molar-refractivity contribution in [1.29, 1.82) is 10.5 Å². The number of aromatic carboxylic acids is 1. The fourth-order valence-corrected chi connectivity index (χ4v) is 4.89. The van der Waals surface area contributed by atoms with Crippen molar-refractivity contribution in [3.05, 3.63) is 148 Å². The molecule has 0 aliphatic carbocycles. The Hall–Kier alpha value is -6.25. The lowest BCUT2D eigenvalue weighted by Crippen LogP contribution is -2.21. The van der Waals surface area contributed by atoms with Gasteiger partial charge in [0.1, 0.15) is 5.69 Å². The molecule has 5 rings (SSSR count). The second-order valence-corrected chi connectivity index (χ2v) is 9.38. The number of nitro groups is 1. The predicted octanol–water partition coefficient (Wildman–Crippen LogP) is 7.71. The lowest BCUT2D eigenvalue weighted by molar-refractivity contribution is -0.384. The van der Waals surface area contributed by atoms with Gasteiger partial charge < -0.3 is 10.0 Å². The molecule has 0 saturated carbocycles. The van der Waals surface area contributed by atoms with E-state index in [1.165, 1.54) is 18.2 Å². The van der Waals surface area contributed by atoms with Gasteiger partial charge in [0.2, 0.25) is 0 Å². The van der Waals surface area contributed by atoms with Crippen LogP contribution in [0.5, 0.6) is 0 Å². The van der Waals surface area contributed by atoms with E-state index in [0.29, 0.717) is 16.8 Å². The highest BCUT2D eigenvalue weighted by atomic mass is 16.6. The normalized spacial score (nSPS) is 10.3. The molecular weight excluding hydrogens is 528 g/mol. The lowest BCUT2D eigenvalue weighted by atomic mass is 9.98. The molecule has 202 valence electrons. The molecular formula is C34H22N4O4. The molecule has 0 bridgehead atoms. The van der Waals surface area contributed by atoms with Gasteiger partial charge in [-0.2, -0.15) is 10.5 Å². The molecule has 0 spiro atoms. The minimum Gasteiger partial charge on any atom is -0.478 e. The van der Waals surface area contributed by atoms with E-state index in [0.717, 1.165) is 27.8 Å². The Morgan fingerprint density at radius 1 is 0.738 bits per heavy atom. The summed E-state index contributed by atoms with van der Waals surface area (Å²) in [5, 5.41) is 41.1. The van der Waals surface area contributed by atoms with Crippen molar-refractivity contribution in [2.45, 2.75) is 6.54 Å². The number of anilines is 2. The van der Waals surface area contributed by atoms with Gasteiger partial charge in [-0.25, -0.2) is 4.79 Å². The average Bonchev–Trinajstić information content (AvgIpc) is 3.03. The van der Waals surface area contributed by atoms with Crippen molar-refractivity contribution in [2.75, 3.05) is 4.90 Å². The van der Waals surface area contributed by atoms with Crippen LogP contribution in [-0.2, 0) is 6.54 Å². The number of nitrogens with zero attached hydrogens (tertiary/aromatic N) is 4. The Kier molecular flexibility index (Phi) is 7.72. The van der Waals surface area contributed by atoms with Gasteiger partial charge in [0, 0.05) is 18.3 Å². The highest BCUT2D eigenvalue weighted by Gasteiger charge is 2.28. The Labute approximate surface area is 241 Å². The van der Waals surface area contributed by atoms with Crippen molar-refractivity contribution < 1.29 is 14.8 Å². The summed E-state index contributed by atoms with van der Waals surface area (Å²) >= 11 is 0. The first kappa shape index (κ1) is 27.3. The second-order valence-electron chi connectivity index (χ2n) is 9.38. The minimum absolute atomic E-state index is 0.0425. The molecule has 0 heterocycles. The van der Waals surface area contributed by atoms with Crippen LogP contribution in [0, 0.1) is 32.8 Å². The van der Waals surface area contributed by atoms with Crippen LogP contribution in [0.25, 0.3) is 22.3 Å². The number of para-hydroxylation sites is 1. The van der Waals surface area contributed by atoms with E-state index < -0.39 is 10.9 Å². The number of benzene rings is 5. The van der Waals surface area contributed by atoms with Crippen LogP contribution in [0.3, 0.4) is 0 Å². The monoisotopic (exact) mass is 550 g/mol. The van der Waals surface area contributed by atoms with Crippen LogP contribution in [0.2, 0.25) is 0 Å². The molecule has 0 aliphatic heterocycles. The third-order valence-electron chi connectivity index (χ3n) is 6.90. The molecule has 0 aromatic heterocycles. The van der Waals surface area contributed by atoms with Crippen molar-refractivity contribution in [2.24, 2.45) is 0 Å². The highest BCUT2D eigenvalue weighted by molar-refractivity contribution is 5.98. The zero-order valence-corrected chi connectivity index (χ0v) is 22.1. The van der Waals surface area contributed by atoms with Crippen LogP contribution in [0.4, 0.5) is 17.1 Å². The van der Waals surface area contributed by atoms with Crippen molar-refractivity contribution >= 4 is 23.0 Å². The van der Waals surface area contributed by atoms with E-state index in [9.17, 15) is 30.5 Å². The molecule has 0 amide bonds. The van der Waals surface area contributed by atoms with Gasteiger partial charge in [0.25, 0.3) is 5.69 Å². The van der Waals surface area contributed by atoms with Crippen LogP contribution in [0.1, 0.15) is 27.0 Å². The van der Waals surface area contributed by atoms with Crippen LogP contribution >= 0.6 is 0 Å². The first-order chi connectivity index (χ1) is 20.4. The van der Waals surface area contributed by atoms with E-state index in [2.05, 4.69) is 12.1 Å². The largest absolute Gasteiger partial charge is 0.478 e. The van der Waals surface area contributed by atoms with Gasteiger partial charge in [-0.05, 0) is 58.1 Å². The van der Waals surface area contributed by atoms with E-state index >= 15 is 0 Å². The fraction of sp³-hybridized carbons (Fsp3) is 0.0294. The molecule has 0 fully saturated rings. The average molecular weight is 551 g/mol. The van der Waals surface area contributed by atoms with Gasteiger partial charge >= 0.3 is 5.97 Å². The van der Waals surface area contributed by atoms with E-state index in [-0.39, 0.29) is 23.5 Å². The maximum absolute atomic E-state index is 12.3. The standard InChI is InChI=1S/C34H22N4O4/c35-20-26-6-1-3-8-29(26)24-14-12-23(13-15-24)22-37(33-31(34(39)40)10-5-11-32(33)38(41)42)28-18-16-25(17-19-28)30-9-4-2-7-27(30)21-36/h1-19H,22H2,(H,39,40). The van der Waals surface area contributed by atoms with Crippen molar-refractivity contribution in [3.63, 3.8) is 0 Å². The van der Waals surface area contributed by atoms with Crippen molar-refractivity contribution in [1.82, 2.24) is 0 Å². The molecule has 42 heavy (non-hydrogen) atoms. The zero-order chi connectivity index (χ0) is 29.6. The number of carbonyl (C=O) groups is 1. The van der Waals surface area contributed by atoms with E-state index in [1.807, 2.05) is 48.5 Å². The molecule has 0 aliphatic rings. The van der Waals surface area contributed by atoms with E-state index in [4.69, 9.17) is 0 Å². The summed E-state index contributed by atoms with van der Waals surface area (Å²) in [6.45, 7) is 0.124. The zero-order valence-electron chi connectivity index (χ0n) is 22.1. The summed E-state index contributed by atoms with van der Waals surface area (Å²) in [6.07, 6.45) is 0. The Morgan fingerprint density at radius 3 is 1.76 bits per heavy atom. The smallest absolute Gasteiger partial charge is 0.338 e. The number of nitro benzene ring substituents is 1. The van der Waals surface area contributed by atoms with Gasteiger partial charge in [-0.15, -0.1) is 0 Å². The topological polar surface area (TPSA) is 131 Å². The molecule has 8 heteroatoms. The van der Waals surface area contributed by atoms with Gasteiger partial charge in [-0.3, -0.25) is 10.1 Å². The van der Waals surface area contributed by atoms with E-state index in [1.54, 1.807) is 53.4 Å². The molecule has 5 aromatic rings. The molecule has 0 radical (unpaired) electrons. The highest BCUT2D eigenvalue weighted by Crippen LogP contribution is 2.39. The quantitative estimate of drug-likeness (QED) is 0.155. The SMILES string of the molecule is N#Cc1ccccc1-c1ccc(CN(c2ccc(-c3ccccc3C#N)cc2)c2c(C(=O)O)cccc2[N+](=O)[O-])cc1. The number of hydrogen-bond donors (Lipinski definition) is 1. The number of rotatable bonds is 8. The molecule has 0 unspecified atom stereocenters. The number of nitriles is 2. The molecule has 8 nitrogen and oxygen atoms in total. The Balaban J connectivity index is 1.61. The molecule has 0 atom stereocenters. The predicted molar refractivity (Wildman–Crippen MR) is 159 cm³/mol. The lowest BCUT2D eigenvalue weighted by Gasteiger charge is -2.26. The van der Waals surface area contributed by atoms with Crippen LogP contribution in [0.15, 0.2) is 115 Å². The summed E-state index contributed by atoms with van der Waals surface area (Å²) in [4.78, 5) is 25.4. The minimum atomic E-state index is -1.29. The first-order valence-electron chi connectivity index (χ1n) is 12.9. The number of carboxylic acids is 1. The Morgan fingerprint density at radius 2 is 1.26 bits per heavy atom. The summed E-state index contributed by atoms with van der Waals surface area (Å²) in [5.74, 6) is -1.29. The maximum Gasteiger partial charge on any atom is 0.338 e. The third kappa shape index (κ3) is 5.42. The van der Waals surface area contributed by atoms with Gasteiger partial charge in [-0.1, -0.05) is 78.9 Å². The Bertz CT molecular complexity index is 1850. The van der Waals surface area contributed by atoms with Crippen molar-refractivity contribution in [3.8, 4) is 34.4 Å². The third-order valence-corrected chi connectivity index (χ3v) is 6.90. The van der Waals surface area contributed by atoms with Gasteiger partial charge in [0.15, 0.2) is 0 Å².